The van der Waals surface area contributed by atoms with Gasteiger partial charge in [0.15, 0.2) is 0 Å². The molecule has 0 radical (unpaired) electrons. The summed E-state index contributed by atoms with van der Waals surface area (Å²) in [6.45, 7) is 3.33. The maximum Gasteiger partial charge on any atom is 0.0564 e. The van der Waals surface area contributed by atoms with Gasteiger partial charge >= 0.3 is 0 Å². The van der Waals surface area contributed by atoms with E-state index < -0.39 is 0 Å². The van der Waals surface area contributed by atoms with Gasteiger partial charge in [-0.05, 0) is 25.8 Å². The summed E-state index contributed by atoms with van der Waals surface area (Å²) in [5.74, 6) is 0. The van der Waals surface area contributed by atoms with Gasteiger partial charge in [-0.15, -0.1) is 17.0 Å². The van der Waals surface area contributed by atoms with Crippen LogP contribution in [0.15, 0.2) is 0 Å². The summed E-state index contributed by atoms with van der Waals surface area (Å²) < 4.78 is 0. The molecule has 1 heterocycles. The molecule has 12 heavy (non-hydrogen) atoms. The average molecular weight is 303 g/mol. The van der Waals surface area contributed by atoms with Crippen molar-refractivity contribution in [1.29, 1.82) is 0 Å². The van der Waals surface area contributed by atoms with E-state index in [9.17, 15) is 5.11 Å². The molecule has 1 rings (SSSR count). The number of alkyl halides is 1. The minimum Gasteiger partial charge on any atom is -0.393 e. The topological polar surface area (TPSA) is 23.5 Å². The third-order valence-electron chi connectivity index (χ3n) is 2.17. The van der Waals surface area contributed by atoms with E-state index in [2.05, 4.69) is 20.8 Å². The van der Waals surface area contributed by atoms with Gasteiger partial charge in [0.05, 0.1) is 6.10 Å². The molecule has 0 atom stereocenters. The molecule has 1 aliphatic rings. The van der Waals surface area contributed by atoms with Gasteiger partial charge in [-0.25, -0.2) is 0 Å². The van der Waals surface area contributed by atoms with E-state index in [4.69, 9.17) is 0 Å². The van der Waals surface area contributed by atoms with E-state index in [1.54, 1.807) is 0 Å². The van der Waals surface area contributed by atoms with Crippen molar-refractivity contribution >= 4 is 32.9 Å². The second-order valence-electron chi connectivity index (χ2n) is 3.12. The van der Waals surface area contributed by atoms with Crippen LogP contribution >= 0.6 is 32.9 Å². The van der Waals surface area contributed by atoms with Crippen LogP contribution in [-0.2, 0) is 0 Å². The maximum absolute atomic E-state index is 9.22. The second kappa shape index (κ2) is 7.30. The second-order valence-corrected chi connectivity index (χ2v) is 3.91. The van der Waals surface area contributed by atoms with Crippen LogP contribution in [0.4, 0.5) is 0 Å². The van der Waals surface area contributed by atoms with E-state index in [-0.39, 0.29) is 23.1 Å². The molecule has 0 aromatic carbocycles. The molecule has 0 aliphatic carbocycles. The molecule has 4 heteroatoms. The highest BCUT2D eigenvalue weighted by Crippen LogP contribution is 2.09. The highest BCUT2D eigenvalue weighted by atomic mass is 79.9. The summed E-state index contributed by atoms with van der Waals surface area (Å²) >= 11 is 3.41. The van der Waals surface area contributed by atoms with Crippen molar-refractivity contribution in [1.82, 2.24) is 4.90 Å². The van der Waals surface area contributed by atoms with Crippen LogP contribution in [0.5, 0.6) is 0 Å². The summed E-state index contributed by atoms with van der Waals surface area (Å²) in [5, 5.41) is 10.3. The Morgan fingerprint density at radius 1 is 1.33 bits per heavy atom. The first-order valence-electron chi connectivity index (χ1n) is 4.29. The van der Waals surface area contributed by atoms with Gasteiger partial charge in [0, 0.05) is 18.4 Å². The van der Waals surface area contributed by atoms with E-state index in [0.717, 1.165) is 31.3 Å². The zero-order chi connectivity index (χ0) is 8.10. The van der Waals surface area contributed by atoms with Crippen molar-refractivity contribution in [3.63, 3.8) is 0 Å². The standard InChI is InChI=1S/C8H16BrNO.BrH/c9-4-1-5-10-6-2-8(11)3-7-10;/h8,11H,1-7H2;1H. The number of rotatable bonds is 3. The van der Waals surface area contributed by atoms with Crippen LogP contribution in [0.3, 0.4) is 0 Å². The molecule has 1 saturated heterocycles. The molecular weight excluding hydrogens is 286 g/mol. The van der Waals surface area contributed by atoms with Gasteiger partial charge < -0.3 is 10.0 Å². The van der Waals surface area contributed by atoms with Gasteiger partial charge in [-0.2, -0.15) is 0 Å². The quantitative estimate of drug-likeness (QED) is 0.804. The molecule has 0 aromatic rings. The Morgan fingerprint density at radius 3 is 2.42 bits per heavy atom. The molecule has 0 aromatic heterocycles. The Labute approximate surface area is 93.2 Å². The first-order chi connectivity index (χ1) is 5.33. The molecule has 2 nitrogen and oxygen atoms in total. The highest BCUT2D eigenvalue weighted by Gasteiger charge is 2.15. The first-order valence-corrected chi connectivity index (χ1v) is 5.41. The van der Waals surface area contributed by atoms with Gasteiger partial charge in [-0.3, -0.25) is 0 Å². The fraction of sp³-hybridized carbons (Fsp3) is 1.00. The van der Waals surface area contributed by atoms with Crippen molar-refractivity contribution < 1.29 is 5.11 Å². The fourth-order valence-corrected chi connectivity index (χ4v) is 1.68. The smallest absolute Gasteiger partial charge is 0.0564 e. The van der Waals surface area contributed by atoms with Crippen LogP contribution in [0.1, 0.15) is 19.3 Å². The Balaban J connectivity index is 0.00000121. The average Bonchev–Trinajstić information content (AvgIpc) is 2.04. The monoisotopic (exact) mass is 301 g/mol. The predicted octanol–water partition coefficient (Wildman–Crippen LogP) is 1.81. The van der Waals surface area contributed by atoms with Gasteiger partial charge in [0.1, 0.15) is 0 Å². The number of hydrogen-bond acceptors (Lipinski definition) is 2. The van der Waals surface area contributed by atoms with Crippen molar-refractivity contribution in [2.75, 3.05) is 25.0 Å². The Kier molecular flexibility index (Phi) is 7.83. The minimum atomic E-state index is -0.0322. The lowest BCUT2D eigenvalue weighted by atomic mass is 10.1. The lowest BCUT2D eigenvalue weighted by Gasteiger charge is -2.29. The molecule has 0 saturated carbocycles. The molecule has 74 valence electrons. The van der Waals surface area contributed by atoms with Crippen LogP contribution in [-0.4, -0.2) is 41.1 Å². The summed E-state index contributed by atoms with van der Waals surface area (Å²) in [6, 6.07) is 0. The Bertz CT molecular complexity index is 102. The number of piperidine rings is 1. The maximum atomic E-state index is 9.22. The molecule has 0 unspecified atom stereocenters. The molecule has 1 N–H and O–H groups in total. The minimum absolute atomic E-state index is 0. The summed E-state index contributed by atoms with van der Waals surface area (Å²) in [4.78, 5) is 2.42. The van der Waals surface area contributed by atoms with E-state index in [0.29, 0.717) is 0 Å². The van der Waals surface area contributed by atoms with E-state index in [1.165, 1.54) is 13.0 Å². The SMILES string of the molecule is Br.OC1CCN(CCCBr)CC1. The fourth-order valence-electron chi connectivity index (χ4n) is 1.43. The summed E-state index contributed by atoms with van der Waals surface area (Å²) in [6.07, 6.45) is 3.11. The molecule has 0 bridgehead atoms. The molecule has 1 fully saturated rings. The molecule has 0 amide bonds. The first kappa shape index (κ1) is 12.9. The normalized spacial score (nSPS) is 20.5. The van der Waals surface area contributed by atoms with Crippen molar-refractivity contribution in [3.8, 4) is 0 Å². The van der Waals surface area contributed by atoms with Gasteiger partial charge in [-0.1, -0.05) is 15.9 Å². The number of hydrogen-bond donors (Lipinski definition) is 1. The highest BCUT2D eigenvalue weighted by molar-refractivity contribution is 9.09. The number of nitrogens with zero attached hydrogens (tertiary/aromatic N) is 1. The largest absolute Gasteiger partial charge is 0.393 e. The molecular formula is C8H17Br2NO. The third kappa shape index (κ3) is 4.80. The van der Waals surface area contributed by atoms with Crippen LogP contribution < -0.4 is 0 Å². The number of aliphatic hydroxyl groups excluding tert-OH is 1. The van der Waals surface area contributed by atoms with Crippen molar-refractivity contribution in [2.45, 2.75) is 25.4 Å². The lowest BCUT2D eigenvalue weighted by Crippen LogP contribution is -2.36. The van der Waals surface area contributed by atoms with Crippen LogP contribution in [0.25, 0.3) is 0 Å². The summed E-state index contributed by atoms with van der Waals surface area (Å²) in [7, 11) is 0. The zero-order valence-electron chi connectivity index (χ0n) is 7.21. The zero-order valence-corrected chi connectivity index (χ0v) is 10.5. The predicted molar refractivity (Wildman–Crippen MR) is 60.4 cm³/mol. The van der Waals surface area contributed by atoms with Crippen LogP contribution in [0.2, 0.25) is 0 Å². The third-order valence-corrected chi connectivity index (χ3v) is 2.73. The lowest BCUT2D eigenvalue weighted by molar-refractivity contribution is 0.0829. The Morgan fingerprint density at radius 2 is 1.92 bits per heavy atom. The van der Waals surface area contributed by atoms with Crippen molar-refractivity contribution in [2.24, 2.45) is 0 Å². The Hall–Kier alpha value is 0.880. The number of aliphatic hydroxyl groups is 1. The molecule has 1 aliphatic heterocycles. The number of likely N-dealkylation sites (tertiary alicyclic amines) is 1. The van der Waals surface area contributed by atoms with E-state index >= 15 is 0 Å². The van der Waals surface area contributed by atoms with Gasteiger partial charge in [0.2, 0.25) is 0 Å². The van der Waals surface area contributed by atoms with Crippen molar-refractivity contribution in [3.05, 3.63) is 0 Å². The van der Waals surface area contributed by atoms with E-state index in [1.807, 2.05) is 0 Å². The van der Waals surface area contributed by atoms with Gasteiger partial charge in [0.25, 0.3) is 0 Å². The molecule has 0 spiro atoms. The van der Waals surface area contributed by atoms with Crippen LogP contribution in [0, 0.1) is 0 Å². The number of halogens is 2. The summed E-state index contributed by atoms with van der Waals surface area (Å²) in [5.41, 5.74) is 0.